The van der Waals surface area contributed by atoms with Crippen LogP contribution in [0.4, 0.5) is 0 Å². The van der Waals surface area contributed by atoms with Crippen LogP contribution in [0, 0.1) is 0 Å². The van der Waals surface area contributed by atoms with Crippen molar-refractivity contribution in [2.24, 2.45) is 7.05 Å². The van der Waals surface area contributed by atoms with Gasteiger partial charge in [0.15, 0.2) is 11.6 Å². The molecule has 0 saturated heterocycles. The summed E-state index contributed by atoms with van der Waals surface area (Å²) in [6.45, 7) is 1.22. The Bertz CT molecular complexity index is 606. The van der Waals surface area contributed by atoms with Crippen LogP contribution < -0.4 is 0 Å². The van der Waals surface area contributed by atoms with Crippen LogP contribution in [0.1, 0.15) is 27.3 Å². The summed E-state index contributed by atoms with van der Waals surface area (Å²) in [5.74, 6) is 0.442. The Morgan fingerprint density at radius 1 is 1.39 bits per heavy atom. The minimum Gasteiger partial charge on any atom is -0.372 e. The quantitative estimate of drug-likeness (QED) is 0.742. The smallest absolute Gasteiger partial charge is 0.182 e. The third-order valence-corrected chi connectivity index (χ3v) is 2.91. The van der Waals surface area contributed by atoms with Crippen molar-refractivity contribution in [2.45, 2.75) is 19.6 Å². The molecule has 0 bridgehead atoms. The monoisotopic (exact) mass is 244 g/mol. The van der Waals surface area contributed by atoms with Crippen LogP contribution in [0.3, 0.4) is 0 Å². The summed E-state index contributed by atoms with van der Waals surface area (Å²) in [6.07, 6.45) is 0.174. The lowest BCUT2D eigenvalue weighted by Gasteiger charge is -2.01. The van der Waals surface area contributed by atoms with Gasteiger partial charge in [-0.3, -0.25) is 4.79 Å². The molecule has 6 nitrogen and oxygen atoms in total. The van der Waals surface area contributed by atoms with Crippen molar-refractivity contribution >= 4 is 5.78 Å². The van der Waals surface area contributed by atoms with E-state index < -0.39 is 0 Å². The molecule has 1 aliphatic rings. The number of nitrogens with zero attached hydrogens (tertiary/aromatic N) is 4. The molecular weight excluding hydrogens is 232 g/mol. The summed E-state index contributed by atoms with van der Waals surface area (Å²) < 4.78 is 5.32. The number of aromatic nitrogens is 4. The van der Waals surface area contributed by atoms with E-state index in [2.05, 4.69) is 15.4 Å². The lowest BCUT2D eigenvalue weighted by Crippen LogP contribution is -2.06. The van der Waals surface area contributed by atoms with E-state index in [-0.39, 0.29) is 12.2 Å². The van der Waals surface area contributed by atoms with E-state index in [1.54, 1.807) is 7.05 Å². The SMILES string of the molecule is Cn1nnc(CC(=O)c2ccc3c(c2)COC3)n1. The number of benzene rings is 1. The topological polar surface area (TPSA) is 69.9 Å². The highest BCUT2D eigenvalue weighted by Gasteiger charge is 2.15. The molecule has 0 unspecified atom stereocenters. The molecule has 0 atom stereocenters. The Morgan fingerprint density at radius 2 is 2.22 bits per heavy atom. The third kappa shape index (κ3) is 2.02. The van der Waals surface area contributed by atoms with Crippen molar-refractivity contribution in [1.29, 1.82) is 0 Å². The zero-order valence-corrected chi connectivity index (χ0v) is 9.96. The van der Waals surface area contributed by atoms with E-state index >= 15 is 0 Å². The van der Waals surface area contributed by atoms with Gasteiger partial charge >= 0.3 is 0 Å². The molecule has 0 N–H and O–H groups in total. The Hall–Kier alpha value is -2.08. The van der Waals surface area contributed by atoms with Crippen molar-refractivity contribution in [3.63, 3.8) is 0 Å². The number of fused-ring (bicyclic) bond motifs is 1. The maximum Gasteiger partial charge on any atom is 0.182 e. The number of Topliss-reactive ketones (excluding diaryl/α,β-unsaturated/α-hetero) is 1. The molecule has 1 aromatic heterocycles. The predicted octanol–water partition coefficient (Wildman–Crippen LogP) is 0.666. The molecule has 92 valence electrons. The predicted molar refractivity (Wildman–Crippen MR) is 61.8 cm³/mol. The van der Waals surface area contributed by atoms with E-state index in [0.29, 0.717) is 24.6 Å². The van der Waals surface area contributed by atoms with Crippen molar-refractivity contribution in [3.05, 3.63) is 40.7 Å². The average molecular weight is 244 g/mol. The number of hydrogen-bond donors (Lipinski definition) is 0. The maximum atomic E-state index is 12.1. The normalized spacial score (nSPS) is 13.6. The van der Waals surface area contributed by atoms with Crippen LogP contribution in [0.2, 0.25) is 0 Å². The van der Waals surface area contributed by atoms with Crippen LogP contribution in [0.15, 0.2) is 18.2 Å². The molecule has 3 rings (SSSR count). The van der Waals surface area contributed by atoms with Crippen LogP contribution in [-0.2, 0) is 31.4 Å². The highest BCUT2D eigenvalue weighted by Crippen LogP contribution is 2.21. The summed E-state index contributed by atoms with van der Waals surface area (Å²) in [6, 6.07) is 5.66. The Morgan fingerprint density at radius 3 is 3.00 bits per heavy atom. The second-order valence-electron chi connectivity index (χ2n) is 4.27. The van der Waals surface area contributed by atoms with Crippen molar-refractivity contribution in [1.82, 2.24) is 20.2 Å². The number of aryl methyl sites for hydroxylation is 1. The van der Waals surface area contributed by atoms with Gasteiger partial charge in [0.2, 0.25) is 0 Å². The van der Waals surface area contributed by atoms with Gasteiger partial charge in [-0.2, -0.15) is 4.80 Å². The van der Waals surface area contributed by atoms with Gasteiger partial charge in [-0.1, -0.05) is 12.1 Å². The number of ketones is 1. The molecule has 6 heteroatoms. The summed E-state index contributed by atoms with van der Waals surface area (Å²) >= 11 is 0. The third-order valence-electron chi connectivity index (χ3n) is 2.91. The Labute approximate surface area is 104 Å². The van der Waals surface area contributed by atoms with Gasteiger partial charge in [0.1, 0.15) is 0 Å². The van der Waals surface area contributed by atoms with E-state index in [4.69, 9.17) is 4.74 Å². The largest absolute Gasteiger partial charge is 0.372 e. The number of tetrazole rings is 1. The fourth-order valence-corrected chi connectivity index (χ4v) is 1.99. The first-order valence-electron chi connectivity index (χ1n) is 5.68. The van der Waals surface area contributed by atoms with Gasteiger partial charge in [-0.15, -0.1) is 10.2 Å². The molecule has 0 aliphatic carbocycles. The van der Waals surface area contributed by atoms with Gasteiger partial charge in [0.25, 0.3) is 0 Å². The molecule has 1 aliphatic heterocycles. The van der Waals surface area contributed by atoms with E-state index in [1.807, 2.05) is 18.2 Å². The highest BCUT2D eigenvalue weighted by molar-refractivity contribution is 5.97. The van der Waals surface area contributed by atoms with Gasteiger partial charge in [0, 0.05) is 5.56 Å². The Balaban J connectivity index is 1.80. The molecule has 1 aromatic carbocycles. The first kappa shape index (κ1) is 11.0. The number of hydrogen-bond acceptors (Lipinski definition) is 5. The highest BCUT2D eigenvalue weighted by atomic mass is 16.5. The molecule has 18 heavy (non-hydrogen) atoms. The lowest BCUT2D eigenvalue weighted by molar-refractivity contribution is 0.0990. The summed E-state index contributed by atoms with van der Waals surface area (Å²) in [7, 11) is 1.67. The molecule has 0 radical (unpaired) electrons. The van der Waals surface area contributed by atoms with Crippen molar-refractivity contribution in [2.75, 3.05) is 0 Å². The van der Waals surface area contributed by atoms with Gasteiger partial charge in [-0.05, 0) is 22.4 Å². The van der Waals surface area contributed by atoms with Crippen LogP contribution in [0.25, 0.3) is 0 Å². The lowest BCUT2D eigenvalue weighted by atomic mass is 10.0. The number of rotatable bonds is 3. The maximum absolute atomic E-state index is 12.1. The van der Waals surface area contributed by atoms with Crippen LogP contribution in [0.5, 0.6) is 0 Å². The fraction of sp³-hybridized carbons (Fsp3) is 0.333. The second kappa shape index (κ2) is 4.30. The molecular formula is C12H12N4O2. The standard InChI is InChI=1S/C12H12N4O2/c1-16-14-12(13-15-16)5-11(17)8-2-3-9-6-18-7-10(9)4-8/h2-4H,5-7H2,1H3. The van der Waals surface area contributed by atoms with E-state index in [0.717, 1.165) is 11.1 Å². The molecule has 0 amide bonds. The Kier molecular flexibility index (Phi) is 2.64. The van der Waals surface area contributed by atoms with Crippen LogP contribution >= 0.6 is 0 Å². The van der Waals surface area contributed by atoms with Crippen molar-refractivity contribution < 1.29 is 9.53 Å². The number of carbonyl (C=O) groups is 1. The summed E-state index contributed by atoms with van der Waals surface area (Å²) in [5, 5.41) is 11.5. The summed E-state index contributed by atoms with van der Waals surface area (Å²) in [5.41, 5.74) is 2.92. The summed E-state index contributed by atoms with van der Waals surface area (Å²) in [4.78, 5) is 13.4. The van der Waals surface area contributed by atoms with Gasteiger partial charge < -0.3 is 4.74 Å². The van der Waals surface area contributed by atoms with E-state index in [1.165, 1.54) is 4.80 Å². The minimum atomic E-state index is -0.00213. The first-order valence-corrected chi connectivity index (χ1v) is 5.68. The zero-order valence-electron chi connectivity index (χ0n) is 9.96. The number of carbonyl (C=O) groups excluding carboxylic acids is 1. The van der Waals surface area contributed by atoms with Gasteiger partial charge in [-0.25, -0.2) is 0 Å². The van der Waals surface area contributed by atoms with Gasteiger partial charge in [0.05, 0.1) is 26.7 Å². The zero-order chi connectivity index (χ0) is 12.5. The fourth-order valence-electron chi connectivity index (χ4n) is 1.99. The molecule has 0 spiro atoms. The second-order valence-corrected chi connectivity index (χ2v) is 4.27. The molecule has 0 fully saturated rings. The van der Waals surface area contributed by atoms with E-state index in [9.17, 15) is 4.79 Å². The number of ether oxygens (including phenoxy) is 1. The van der Waals surface area contributed by atoms with Crippen molar-refractivity contribution in [3.8, 4) is 0 Å². The molecule has 2 aromatic rings. The van der Waals surface area contributed by atoms with Crippen LogP contribution in [-0.4, -0.2) is 26.0 Å². The first-order chi connectivity index (χ1) is 8.72. The average Bonchev–Trinajstić information content (AvgIpc) is 2.96. The molecule has 0 saturated carbocycles. The minimum absolute atomic E-state index is 0.00213. The molecule has 2 heterocycles.